The van der Waals surface area contributed by atoms with E-state index in [1.165, 1.54) is 5.56 Å². The molecule has 1 aliphatic heterocycles. The minimum absolute atomic E-state index is 0.0801. The summed E-state index contributed by atoms with van der Waals surface area (Å²) in [4.78, 5) is 29.8. The molecule has 0 unspecified atom stereocenters. The Morgan fingerprint density at radius 2 is 1.50 bits per heavy atom. The second kappa shape index (κ2) is 11.0. The first kappa shape index (κ1) is 24.2. The zero-order valence-corrected chi connectivity index (χ0v) is 20.5. The normalized spacial score (nSPS) is 14.8. The van der Waals surface area contributed by atoms with Crippen LogP contribution in [0.25, 0.3) is 0 Å². The molecule has 2 heterocycles. The number of anilines is 1. The molecule has 2 aromatic carbocycles. The van der Waals surface area contributed by atoms with E-state index >= 15 is 0 Å². The van der Waals surface area contributed by atoms with E-state index in [-0.39, 0.29) is 11.7 Å². The Labute approximate surface area is 206 Å². The molecule has 0 bridgehead atoms. The molecule has 1 amide bonds. The maximum atomic E-state index is 13.1. The van der Waals surface area contributed by atoms with E-state index in [4.69, 9.17) is 11.6 Å². The number of amides is 1. The number of benzene rings is 2. The van der Waals surface area contributed by atoms with Crippen molar-refractivity contribution in [3.63, 3.8) is 0 Å². The number of ketones is 1. The number of para-hydroxylation sites is 1. The molecule has 34 heavy (non-hydrogen) atoms. The van der Waals surface area contributed by atoms with Crippen LogP contribution in [0.2, 0.25) is 5.02 Å². The number of carbonyl (C=O) groups is 2. The largest absolute Gasteiger partial charge is 0.344 e. The zero-order valence-electron chi connectivity index (χ0n) is 19.8. The second-order valence-corrected chi connectivity index (χ2v) is 9.27. The maximum Gasteiger partial charge on any atom is 0.238 e. The van der Waals surface area contributed by atoms with Gasteiger partial charge in [0.05, 0.1) is 23.8 Å². The van der Waals surface area contributed by atoms with Crippen LogP contribution in [0.15, 0.2) is 60.7 Å². The molecule has 3 aromatic rings. The summed E-state index contributed by atoms with van der Waals surface area (Å²) in [6.07, 6.45) is 0. The van der Waals surface area contributed by atoms with Crippen molar-refractivity contribution in [2.75, 3.05) is 44.6 Å². The molecule has 0 aliphatic carbocycles. The summed E-state index contributed by atoms with van der Waals surface area (Å²) >= 11 is 6.12. The van der Waals surface area contributed by atoms with Gasteiger partial charge in [-0.3, -0.25) is 19.4 Å². The molecule has 6 nitrogen and oxygen atoms in total. The van der Waals surface area contributed by atoms with Gasteiger partial charge in [0.15, 0.2) is 5.78 Å². The van der Waals surface area contributed by atoms with E-state index in [1.807, 2.05) is 43.3 Å². The molecule has 1 aromatic heterocycles. The van der Waals surface area contributed by atoms with Crippen LogP contribution in [0, 0.1) is 13.8 Å². The number of piperazine rings is 1. The standard InChI is InChI=1S/C27H31ClN4O2/c1-20-16-23(21(2)32(20)17-22-8-4-3-5-9-22)26(33)18-30-12-14-31(15-13-30)19-27(34)29-25-11-7-6-10-24(25)28/h3-11,16H,12-15,17-19H2,1-2H3,(H,29,34). The average Bonchev–Trinajstić information content (AvgIpc) is 3.11. The first-order chi connectivity index (χ1) is 16.4. The number of nitrogens with one attached hydrogen (secondary N) is 1. The third-order valence-corrected chi connectivity index (χ3v) is 6.73. The van der Waals surface area contributed by atoms with Crippen molar-refractivity contribution in [3.8, 4) is 0 Å². The highest BCUT2D eigenvalue weighted by Crippen LogP contribution is 2.21. The summed E-state index contributed by atoms with van der Waals surface area (Å²) in [5, 5.41) is 3.40. The zero-order chi connectivity index (χ0) is 24.1. The van der Waals surface area contributed by atoms with Gasteiger partial charge >= 0.3 is 0 Å². The van der Waals surface area contributed by atoms with Gasteiger partial charge in [-0.25, -0.2) is 0 Å². The molecule has 1 saturated heterocycles. The minimum Gasteiger partial charge on any atom is -0.344 e. The van der Waals surface area contributed by atoms with Gasteiger partial charge in [-0.1, -0.05) is 54.1 Å². The Balaban J connectivity index is 1.28. The molecule has 7 heteroatoms. The molecule has 1 fully saturated rings. The molecule has 0 spiro atoms. The molecule has 1 N–H and O–H groups in total. The van der Waals surface area contributed by atoms with Crippen LogP contribution in [0.5, 0.6) is 0 Å². The number of aromatic nitrogens is 1. The number of rotatable bonds is 8. The van der Waals surface area contributed by atoms with Gasteiger partial charge in [-0.15, -0.1) is 0 Å². The summed E-state index contributed by atoms with van der Waals surface area (Å²) in [5.41, 5.74) is 4.76. The lowest BCUT2D eigenvalue weighted by atomic mass is 10.1. The fourth-order valence-corrected chi connectivity index (χ4v) is 4.62. The molecule has 178 valence electrons. The van der Waals surface area contributed by atoms with Crippen LogP contribution >= 0.6 is 11.6 Å². The van der Waals surface area contributed by atoms with Gasteiger partial charge in [0, 0.05) is 49.7 Å². The SMILES string of the molecule is Cc1cc(C(=O)CN2CCN(CC(=O)Nc3ccccc3Cl)CC2)c(C)n1Cc1ccccc1. The first-order valence-corrected chi connectivity index (χ1v) is 12.0. The van der Waals surface area contributed by atoms with Crippen molar-refractivity contribution in [1.29, 1.82) is 0 Å². The Morgan fingerprint density at radius 1 is 0.882 bits per heavy atom. The van der Waals surface area contributed by atoms with Gasteiger partial charge in [0.25, 0.3) is 0 Å². The summed E-state index contributed by atoms with van der Waals surface area (Å²) < 4.78 is 2.21. The third-order valence-electron chi connectivity index (χ3n) is 6.40. The molecule has 1 aliphatic rings. The number of halogens is 1. The fraction of sp³-hybridized carbons (Fsp3) is 0.333. The number of Topliss-reactive ketones (excluding diaryl/α,β-unsaturated/α-hetero) is 1. The Kier molecular flexibility index (Phi) is 7.83. The highest BCUT2D eigenvalue weighted by Gasteiger charge is 2.23. The highest BCUT2D eigenvalue weighted by molar-refractivity contribution is 6.33. The monoisotopic (exact) mass is 478 g/mol. The smallest absolute Gasteiger partial charge is 0.238 e. The molecular formula is C27H31ClN4O2. The van der Waals surface area contributed by atoms with Gasteiger partial charge in [-0.2, -0.15) is 0 Å². The average molecular weight is 479 g/mol. The van der Waals surface area contributed by atoms with Gasteiger partial charge in [0.1, 0.15) is 0 Å². The predicted octanol–water partition coefficient (Wildman–Crippen LogP) is 4.25. The van der Waals surface area contributed by atoms with Gasteiger partial charge in [-0.05, 0) is 37.6 Å². The van der Waals surface area contributed by atoms with Crippen LogP contribution in [0.1, 0.15) is 27.3 Å². The van der Waals surface area contributed by atoms with Crippen molar-refractivity contribution >= 4 is 29.0 Å². The minimum atomic E-state index is -0.0801. The Morgan fingerprint density at radius 3 is 2.18 bits per heavy atom. The fourth-order valence-electron chi connectivity index (χ4n) is 4.44. The highest BCUT2D eigenvalue weighted by atomic mass is 35.5. The lowest BCUT2D eigenvalue weighted by molar-refractivity contribution is -0.117. The van der Waals surface area contributed by atoms with Crippen LogP contribution in [0.3, 0.4) is 0 Å². The molecule has 0 atom stereocenters. The van der Waals surface area contributed by atoms with E-state index < -0.39 is 0 Å². The van der Waals surface area contributed by atoms with Crippen LogP contribution in [0.4, 0.5) is 5.69 Å². The number of hydrogen-bond acceptors (Lipinski definition) is 4. The summed E-state index contributed by atoms with van der Waals surface area (Å²) in [7, 11) is 0. The third kappa shape index (κ3) is 5.95. The summed E-state index contributed by atoms with van der Waals surface area (Å²) in [5.74, 6) is 0.0702. The molecule has 0 saturated carbocycles. The quantitative estimate of drug-likeness (QED) is 0.492. The Bertz CT molecular complexity index is 1150. The number of hydrogen-bond donors (Lipinski definition) is 1. The summed E-state index contributed by atoms with van der Waals surface area (Å²) in [6, 6.07) is 19.5. The summed E-state index contributed by atoms with van der Waals surface area (Å²) in [6.45, 7) is 8.57. The van der Waals surface area contributed by atoms with Crippen LogP contribution in [-0.2, 0) is 11.3 Å². The van der Waals surface area contributed by atoms with E-state index in [1.54, 1.807) is 12.1 Å². The maximum absolute atomic E-state index is 13.1. The van der Waals surface area contributed by atoms with E-state index in [9.17, 15) is 9.59 Å². The predicted molar refractivity (Wildman–Crippen MR) is 137 cm³/mol. The van der Waals surface area contributed by atoms with Crippen LogP contribution in [-0.4, -0.2) is 65.3 Å². The number of aryl methyl sites for hydroxylation is 1. The van der Waals surface area contributed by atoms with Gasteiger partial charge < -0.3 is 9.88 Å². The van der Waals surface area contributed by atoms with E-state index in [0.29, 0.717) is 23.8 Å². The second-order valence-electron chi connectivity index (χ2n) is 8.86. The van der Waals surface area contributed by atoms with Crippen molar-refractivity contribution < 1.29 is 9.59 Å². The van der Waals surface area contributed by atoms with E-state index in [0.717, 1.165) is 49.7 Å². The van der Waals surface area contributed by atoms with Crippen molar-refractivity contribution in [1.82, 2.24) is 14.4 Å². The van der Waals surface area contributed by atoms with Crippen molar-refractivity contribution in [2.24, 2.45) is 0 Å². The molecule has 0 radical (unpaired) electrons. The van der Waals surface area contributed by atoms with Crippen molar-refractivity contribution in [3.05, 3.63) is 88.2 Å². The topological polar surface area (TPSA) is 57.6 Å². The molecule has 4 rings (SSSR count). The molecular weight excluding hydrogens is 448 g/mol. The lowest BCUT2D eigenvalue weighted by Crippen LogP contribution is -2.49. The number of nitrogens with zero attached hydrogens (tertiary/aromatic N) is 3. The van der Waals surface area contributed by atoms with Gasteiger partial charge in [0.2, 0.25) is 5.91 Å². The lowest BCUT2D eigenvalue weighted by Gasteiger charge is -2.33. The Hall–Kier alpha value is -2.93. The van der Waals surface area contributed by atoms with Crippen molar-refractivity contribution in [2.45, 2.75) is 20.4 Å². The number of carbonyl (C=O) groups excluding carboxylic acids is 2. The van der Waals surface area contributed by atoms with E-state index in [2.05, 4.69) is 38.7 Å². The first-order valence-electron chi connectivity index (χ1n) is 11.6. The van der Waals surface area contributed by atoms with Crippen LogP contribution < -0.4 is 5.32 Å².